The summed E-state index contributed by atoms with van der Waals surface area (Å²) >= 11 is 7.03. The molecule has 1 saturated carbocycles. The normalized spacial score (nSPS) is 16.5. The fourth-order valence-electron chi connectivity index (χ4n) is 5.66. The maximum atomic E-state index is 15.4. The lowest BCUT2D eigenvalue weighted by Gasteiger charge is -2.23. The number of thiazole rings is 1. The zero-order valence-electron chi connectivity index (χ0n) is 22.1. The molecule has 2 aromatic heterocycles. The van der Waals surface area contributed by atoms with Gasteiger partial charge in [0.25, 0.3) is 0 Å². The van der Waals surface area contributed by atoms with Crippen LogP contribution in [0.3, 0.4) is 0 Å². The zero-order chi connectivity index (χ0) is 28.4. The standard InChI is InChI=1S/C29H30ClFN4O4S/c1-34(28(39)19(14-25(37)38)13-17-5-2-3-6-17)29-33-26(27(31)40-29)22-15-20(30)9-10-21(22)18-8-11-23(32-16-18)35-12-4-7-24(35)36/h8-11,15-17,19H,2-7,12-14H2,1H3,(H,37,38)/t19-/m1/s1. The van der Waals surface area contributed by atoms with E-state index >= 15 is 4.39 Å². The van der Waals surface area contributed by atoms with Crippen LogP contribution in [0.1, 0.15) is 51.4 Å². The highest BCUT2D eigenvalue weighted by molar-refractivity contribution is 7.14. The third kappa shape index (κ3) is 6.02. The molecule has 0 radical (unpaired) electrons. The first-order valence-corrected chi connectivity index (χ1v) is 14.6. The fourth-order valence-corrected chi connectivity index (χ4v) is 6.61. The van der Waals surface area contributed by atoms with Gasteiger partial charge >= 0.3 is 5.97 Å². The second kappa shape index (κ2) is 12.0. The molecule has 3 aromatic rings. The van der Waals surface area contributed by atoms with Crippen LogP contribution < -0.4 is 9.80 Å². The molecular weight excluding hydrogens is 555 g/mol. The maximum absolute atomic E-state index is 15.4. The minimum absolute atomic E-state index is 0.0389. The van der Waals surface area contributed by atoms with Crippen molar-refractivity contribution in [1.82, 2.24) is 9.97 Å². The number of pyridine rings is 1. The summed E-state index contributed by atoms with van der Waals surface area (Å²) in [7, 11) is 1.51. The van der Waals surface area contributed by atoms with Crippen molar-refractivity contribution in [2.24, 2.45) is 11.8 Å². The summed E-state index contributed by atoms with van der Waals surface area (Å²) in [6.07, 6.45) is 7.32. The summed E-state index contributed by atoms with van der Waals surface area (Å²) in [5, 5.41) is 9.38. The first-order valence-electron chi connectivity index (χ1n) is 13.4. The van der Waals surface area contributed by atoms with Crippen LogP contribution >= 0.6 is 22.9 Å². The largest absolute Gasteiger partial charge is 0.481 e. The third-order valence-electron chi connectivity index (χ3n) is 7.70. The molecule has 1 atom stereocenters. The Morgan fingerprint density at radius 3 is 2.62 bits per heavy atom. The Kier molecular flexibility index (Phi) is 8.46. The van der Waals surface area contributed by atoms with Crippen molar-refractivity contribution in [2.75, 3.05) is 23.4 Å². The van der Waals surface area contributed by atoms with Crippen molar-refractivity contribution in [1.29, 1.82) is 0 Å². The number of carbonyl (C=O) groups excluding carboxylic acids is 2. The topological polar surface area (TPSA) is 104 Å². The number of benzene rings is 1. The van der Waals surface area contributed by atoms with E-state index in [1.54, 1.807) is 35.4 Å². The van der Waals surface area contributed by atoms with Gasteiger partial charge < -0.3 is 5.11 Å². The molecule has 210 valence electrons. The predicted octanol–water partition coefficient (Wildman–Crippen LogP) is 6.43. The number of amides is 2. The Hall–Kier alpha value is -3.37. The molecule has 11 heteroatoms. The molecule has 2 aliphatic rings. The summed E-state index contributed by atoms with van der Waals surface area (Å²) in [5.74, 6) is -1.18. The van der Waals surface area contributed by atoms with Gasteiger partial charge in [-0.2, -0.15) is 4.39 Å². The molecule has 1 N–H and O–H groups in total. The minimum Gasteiger partial charge on any atom is -0.481 e. The number of carbonyl (C=O) groups is 3. The lowest BCUT2D eigenvalue weighted by atomic mass is 9.90. The van der Waals surface area contributed by atoms with Crippen LogP contribution in [-0.2, 0) is 14.4 Å². The van der Waals surface area contributed by atoms with E-state index in [1.807, 2.05) is 6.07 Å². The molecule has 0 unspecified atom stereocenters. The van der Waals surface area contributed by atoms with Gasteiger partial charge in [0.1, 0.15) is 11.5 Å². The van der Waals surface area contributed by atoms with E-state index in [2.05, 4.69) is 9.97 Å². The second-order valence-corrected chi connectivity index (χ2v) is 11.8. The van der Waals surface area contributed by atoms with E-state index in [4.69, 9.17) is 11.6 Å². The van der Waals surface area contributed by atoms with Gasteiger partial charge in [0.05, 0.1) is 6.42 Å². The lowest BCUT2D eigenvalue weighted by molar-refractivity contribution is -0.140. The van der Waals surface area contributed by atoms with E-state index in [0.29, 0.717) is 52.8 Å². The number of carboxylic acid groups (broad SMARTS) is 1. The first-order chi connectivity index (χ1) is 19.2. The Bertz CT molecular complexity index is 1420. The van der Waals surface area contributed by atoms with Crippen LogP contribution in [0.15, 0.2) is 36.5 Å². The number of nitrogens with zero attached hydrogens (tertiary/aromatic N) is 4. The molecule has 5 rings (SSSR count). The Morgan fingerprint density at radius 2 is 1.98 bits per heavy atom. The average molecular weight is 585 g/mol. The number of rotatable bonds is 9. The minimum atomic E-state index is -1.03. The molecule has 8 nitrogen and oxygen atoms in total. The Labute approximate surface area is 240 Å². The summed E-state index contributed by atoms with van der Waals surface area (Å²) in [6.45, 7) is 0.629. The van der Waals surface area contributed by atoms with Crippen LogP contribution in [0.5, 0.6) is 0 Å². The number of aromatic nitrogens is 2. The van der Waals surface area contributed by atoms with Gasteiger partial charge in [0, 0.05) is 48.3 Å². The van der Waals surface area contributed by atoms with Crippen LogP contribution in [0.25, 0.3) is 22.4 Å². The van der Waals surface area contributed by atoms with Crippen molar-refractivity contribution in [2.45, 2.75) is 51.4 Å². The van der Waals surface area contributed by atoms with E-state index < -0.39 is 17.0 Å². The van der Waals surface area contributed by atoms with Crippen molar-refractivity contribution >= 4 is 51.7 Å². The van der Waals surface area contributed by atoms with Crippen LogP contribution in [0, 0.1) is 17.0 Å². The fraction of sp³-hybridized carbons (Fsp3) is 0.414. The van der Waals surface area contributed by atoms with Gasteiger partial charge in [-0.1, -0.05) is 54.7 Å². The molecule has 1 aliphatic carbocycles. The lowest BCUT2D eigenvalue weighted by Crippen LogP contribution is -2.35. The molecule has 2 fully saturated rings. The van der Waals surface area contributed by atoms with Crippen LogP contribution in [0.2, 0.25) is 5.02 Å². The predicted molar refractivity (Wildman–Crippen MR) is 153 cm³/mol. The van der Waals surface area contributed by atoms with E-state index in [0.717, 1.165) is 43.4 Å². The van der Waals surface area contributed by atoms with Crippen LogP contribution in [0.4, 0.5) is 15.3 Å². The number of carboxylic acids is 1. The molecule has 0 spiro atoms. The van der Waals surface area contributed by atoms with E-state index in [1.165, 1.54) is 11.9 Å². The molecule has 2 amide bonds. The van der Waals surface area contributed by atoms with E-state index in [-0.39, 0.29) is 29.1 Å². The Morgan fingerprint density at radius 1 is 1.20 bits per heavy atom. The summed E-state index contributed by atoms with van der Waals surface area (Å²) in [6, 6.07) is 8.65. The summed E-state index contributed by atoms with van der Waals surface area (Å²) in [5.41, 5.74) is 1.82. The van der Waals surface area contributed by atoms with Crippen molar-refractivity contribution in [3.05, 3.63) is 46.7 Å². The van der Waals surface area contributed by atoms with Gasteiger partial charge in [-0.15, -0.1) is 0 Å². The highest BCUT2D eigenvalue weighted by Crippen LogP contribution is 2.40. The maximum Gasteiger partial charge on any atom is 0.304 e. The average Bonchev–Trinajstić information content (AvgIpc) is 3.69. The number of anilines is 2. The summed E-state index contributed by atoms with van der Waals surface area (Å²) < 4.78 is 15.4. The molecular formula is C29H30ClFN4O4S. The highest BCUT2D eigenvalue weighted by Gasteiger charge is 2.31. The van der Waals surface area contributed by atoms with E-state index in [9.17, 15) is 19.5 Å². The zero-order valence-corrected chi connectivity index (χ0v) is 23.7. The van der Waals surface area contributed by atoms with Crippen molar-refractivity contribution < 1.29 is 23.9 Å². The molecule has 1 saturated heterocycles. The molecule has 0 bridgehead atoms. The third-order valence-corrected chi connectivity index (χ3v) is 8.86. The summed E-state index contributed by atoms with van der Waals surface area (Å²) in [4.78, 5) is 48.9. The van der Waals surface area contributed by atoms with Gasteiger partial charge in [-0.05, 0) is 48.6 Å². The van der Waals surface area contributed by atoms with Crippen LogP contribution in [-0.4, -0.2) is 46.5 Å². The molecule has 40 heavy (non-hydrogen) atoms. The molecule has 3 heterocycles. The number of aliphatic carboxylic acids is 1. The van der Waals surface area contributed by atoms with Crippen molar-refractivity contribution in [3.8, 4) is 22.4 Å². The van der Waals surface area contributed by atoms with Crippen molar-refractivity contribution in [3.63, 3.8) is 0 Å². The second-order valence-electron chi connectivity index (χ2n) is 10.4. The van der Waals surface area contributed by atoms with Gasteiger partial charge in [-0.3, -0.25) is 24.2 Å². The van der Waals surface area contributed by atoms with Gasteiger partial charge in [0.2, 0.25) is 16.9 Å². The highest BCUT2D eigenvalue weighted by atomic mass is 35.5. The molecule has 1 aliphatic heterocycles. The molecule has 1 aromatic carbocycles. The number of halogens is 2. The van der Waals surface area contributed by atoms with Gasteiger partial charge in [0.15, 0.2) is 5.13 Å². The Balaban J connectivity index is 1.42. The quantitative estimate of drug-likeness (QED) is 0.311. The van der Waals surface area contributed by atoms with Gasteiger partial charge in [-0.25, -0.2) is 9.97 Å². The SMILES string of the molecule is CN(C(=O)[C@@H](CC(=O)O)CC1CCCC1)c1nc(-c2cc(Cl)ccc2-c2ccc(N3CCCC3=O)nc2)c(F)s1. The smallest absolute Gasteiger partial charge is 0.304 e. The monoisotopic (exact) mass is 584 g/mol. The number of hydrogen-bond acceptors (Lipinski definition) is 6. The number of hydrogen-bond donors (Lipinski definition) is 1. The first kappa shape index (κ1) is 28.2.